The van der Waals surface area contributed by atoms with Gasteiger partial charge in [0.25, 0.3) is 0 Å². The highest BCUT2D eigenvalue weighted by atomic mass is 32.2. The average molecular weight is 324 g/mol. The molecular weight excluding hydrogens is 294 g/mol. The van der Waals surface area contributed by atoms with Crippen molar-refractivity contribution in [3.05, 3.63) is 24.3 Å². The Kier molecular flexibility index (Phi) is 9.05. The van der Waals surface area contributed by atoms with E-state index < -0.39 is 0 Å². The van der Waals surface area contributed by atoms with Gasteiger partial charge in [0.2, 0.25) is 5.91 Å². The van der Waals surface area contributed by atoms with E-state index in [9.17, 15) is 4.79 Å². The molecular formula is C18H29NO2S. The third kappa shape index (κ3) is 8.32. The number of carbonyl (C=O) groups excluding carboxylic acids is 1. The zero-order chi connectivity index (χ0) is 16.4. The predicted molar refractivity (Wildman–Crippen MR) is 94.6 cm³/mol. The van der Waals surface area contributed by atoms with Crippen molar-refractivity contribution in [1.82, 2.24) is 5.32 Å². The smallest absolute Gasteiger partial charge is 0.221 e. The minimum Gasteiger partial charge on any atom is -0.497 e. The van der Waals surface area contributed by atoms with Gasteiger partial charge in [-0.2, -0.15) is 0 Å². The van der Waals surface area contributed by atoms with Crippen molar-refractivity contribution in [1.29, 1.82) is 0 Å². The van der Waals surface area contributed by atoms with Gasteiger partial charge in [0.05, 0.1) is 7.11 Å². The highest BCUT2D eigenvalue weighted by molar-refractivity contribution is 7.99. The van der Waals surface area contributed by atoms with E-state index in [1.54, 1.807) is 18.9 Å². The summed E-state index contributed by atoms with van der Waals surface area (Å²) in [6, 6.07) is 8.21. The molecule has 1 aromatic rings. The molecule has 1 unspecified atom stereocenters. The first-order valence-electron chi connectivity index (χ1n) is 8.07. The minimum atomic E-state index is 0.151. The largest absolute Gasteiger partial charge is 0.497 e. The van der Waals surface area contributed by atoms with Crippen LogP contribution in [-0.4, -0.2) is 24.8 Å². The van der Waals surface area contributed by atoms with E-state index in [2.05, 4.69) is 26.1 Å². The third-order valence-electron chi connectivity index (χ3n) is 3.48. The van der Waals surface area contributed by atoms with Gasteiger partial charge in [-0.05, 0) is 43.5 Å². The molecule has 3 nitrogen and oxygen atoms in total. The number of nitrogens with one attached hydrogen (secondary N) is 1. The molecule has 0 aliphatic rings. The van der Waals surface area contributed by atoms with Crippen LogP contribution in [-0.2, 0) is 4.79 Å². The van der Waals surface area contributed by atoms with Gasteiger partial charge in [0.15, 0.2) is 0 Å². The van der Waals surface area contributed by atoms with Gasteiger partial charge in [-0.25, -0.2) is 0 Å². The Morgan fingerprint density at radius 2 is 1.86 bits per heavy atom. The van der Waals surface area contributed by atoms with Crippen molar-refractivity contribution in [3.8, 4) is 5.75 Å². The van der Waals surface area contributed by atoms with Crippen molar-refractivity contribution < 1.29 is 9.53 Å². The van der Waals surface area contributed by atoms with Gasteiger partial charge in [-0.15, -0.1) is 11.8 Å². The zero-order valence-corrected chi connectivity index (χ0v) is 15.0. The average Bonchev–Trinajstić information content (AvgIpc) is 2.47. The molecule has 1 N–H and O–H groups in total. The summed E-state index contributed by atoms with van der Waals surface area (Å²) in [5.41, 5.74) is 0. The van der Waals surface area contributed by atoms with Gasteiger partial charge in [-0.3, -0.25) is 4.79 Å². The number of rotatable bonds is 10. The van der Waals surface area contributed by atoms with Crippen LogP contribution in [0.3, 0.4) is 0 Å². The first kappa shape index (κ1) is 18.9. The molecule has 0 aromatic heterocycles. The van der Waals surface area contributed by atoms with E-state index in [4.69, 9.17) is 4.74 Å². The monoisotopic (exact) mass is 323 g/mol. The Balaban J connectivity index is 2.16. The minimum absolute atomic E-state index is 0.151. The lowest BCUT2D eigenvalue weighted by molar-refractivity contribution is -0.121. The lowest BCUT2D eigenvalue weighted by atomic mass is 10.0. The summed E-state index contributed by atoms with van der Waals surface area (Å²) in [7, 11) is 1.66. The fraction of sp³-hybridized carbons (Fsp3) is 0.611. The second kappa shape index (κ2) is 10.5. The normalized spacial score (nSPS) is 12.2. The molecule has 4 heteroatoms. The van der Waals surface area contributed by atoms with Crippen LogP contribution in [0.1, 0.15) is 46.5 Å². The molecule has 1 rings (SSSR count). The maximum atomic E-state index is 11.9. The topological polar surface area (TPSA) is 38.3 Å². The maximum Gasteiger partial charge on any atom is 0.221 e. The van der Waals surface area contributed by atoms with Crippen LogP contribution in [0.4, 0.5) is 0 Å². The second-order valence-corrected chi connectivity index (χ2v) is 7.24. The summed E-state index contributed by atoms with van der Waals surface area (Å²) in [5.74, 6) is 2.55. The van der Waals surface area contributed by atoms with Crippen LogP contribution in [0, 0.1) is 5.92 Å². The first-order chi connectivity index (χ1) is 10.5. The van der Waals surface area contributed by atoms with Gasteiger partial charge in [-0.1, -0.05) is 26.7 Å². The van der Waals surface area contributed by atoms with E-state index in [0.717, 1.165) is 23.8 Å². The van der Waals surface area contributed by atoms with E-state index in [1.807, 2.05) is 24.3 Å². The van der Waals surface area contributed by atoms with Gasteiger partial charge in [0, 0.05) is 23.1 Å². The number of amides is 1. The second-order valence-electron chi connectivity index (χ2n) is 6.07. The Bertz CT molecular complexity index is 431. The molecule has 1 amide bonds. The number of ether oxygens (including phenoxy) is 1. The van der Waals surface area contributed by atoms with Crippen molar-refractivity contribution in [2.24, 2.45) is 5.92 Å². The molecule has 1 aromatic carbocycles. The van der Waals surface area contributed by atoms with Gasteiger partial charge < -0.3 is 10.1 Å². The van der Waals surface area contributed by atoms with Crippen LogP contribution in [0.5, 0.6) is 5.75 Å². The third-order valence-corrected chi connectivity index (χ3v) is 4.50. The fourth-order valence-corrected chi connectivity index (χ4v) is 3.04. The molecule has 22 heavy (non-hydrogen) atoms. The molecule has 0 saturated carbocycles. The SMILES string of the molecule is COc1ccc(SCCC(=O)NC(C)CCCC(C)C)cc1. The van der Waals surface area contributed by atoms with E-state index in [1.165, 1.54) is 17.7 Å². The van der Waals surface area contributed by atoms with Crippen molar-refractivity contribution in [3.63, 3.8) is 0 Å². The zero-order valence-electron chi connectivity index (χ0n) is 14.2. The number of hydrogen-bond donors (Lipinski definition) is 1. The summed E-state index contributed by atoms with van der Waals surface area (Å²) in [6.07, 6.45) is 4.04. The van der Waals surface area contributed by atoms with Gasteiger partial charge >= 0.3 is 0 Å². The Morgan fingerprint density at radius 3 is 2.45 bits per heavy atom. The standard InChI is InChI=1S/C18H29NO2S/c1-14(2)6-5-7-15(3)19-18(20)12-13-22-17-10-8-16(21-4)9-11-17/h8-11,14-15H,5-7,12-13H2,1-4H3,(H,19,20). The quantitative estimate of drug-likeness (QED) is 0.644. The highest BCUT2D eigenvalue weighted by Crippen LogP contribution is 2.21. The van der Waals surface area contributed by atoms with E-state index in [0.29, 0.717) is 6.42 Å². The van der Waals surface area contributed by atoms with Crippen LogP contribution >= 0.6 is 11.8 Å². The molecule has 0 saturated heterocycles. The molecule has 0 spiro atoms. The van der Waals surface area contributed by atoms with Crippen LogP contribution in [0.15, 0.2) is 29.2 Å². The number of hydrogen-bond acceptors (Lipinski definition) is 3. The summed E-state index contributed by atoms with van der Waals surface area (Å²) in [6.45, 7) is 6.56. The lowest BCUT2D eigenvalue weighted by Gasteiger charge is -2.14. The van der Waals surface area contributed by atoms with Crippen molar-refractivity contribution >= 4 is 17.7 Å². The number of carbonyl (C=O) groups is 1. The Labute approximate surface area is 139 Å². The molecule has 0 aliphatic heterocycles. The maximum absolute atomic E-state index is 11.9. The van der Waals surface area contributed by atoms with Crippen LogP contribution in [0.2, 0.25) is 0 Å². The summed E-state index contributed by atoms with van der Waals surface area (Å²) >= 11 is 1.70. The number of thioether (sulfide) groups is 1. The predicted octanol–water partition coefficient (Wildman–Crippen LogP) is 4.51. The molecule has 0 radical (unpaired) electrons. The lowest BCUT2D eigenvalue weighted by Crippen LogP contribution is -2.32. The van der Waals surface area contributed by atoms with Crippen LogP contribution < -0.4 is 10.1 Å². The molecule has 0 bridgehead atoms. The fourth-order valence-electron chi connectivity index (χ4n) is 2.18. The van der Waals surface area contributed by atoms with E-state index in [-0.39, 0.29) is 11.9 Å². The molecule has 0 fully saturated rings. The molecule has 0 aliphatic carbocycles. The first-order valence-corrected chi connectivity index (χ1v) is 9.06. The van der Waals surface area contributed by atoms with E-state index >= 15 is 0 Å². The summed E-state index contributed by atoms with van der Waals surface area (Å²) in [5, 5.41) is 3.09. The Morgan fingerprint density at radius 1 is 1.18 bits per heavy atom. The summed E-state index contributed by atoms with van der Waals surface area (Å²) < 4.78 is 5.13. The Hall–Kier alpha value is -1.16. The summed E-state index contributed by atoms with van der Waals surface area (Å²) in [4.78, 5) is 13.1. The van der Waals surface area contributed by atoms with Crippen LogP contribution in [0.25, 0.3) is 0 Å². The van der Waals surface area contributed by atoms with Crippen molar-refractivity contribution in [2.75, 3.05) is 12.9 Å². The van der Waals surface area contributed by atoms with Crippen molar-refractivity contribution in [2.45, 2.75) is 57.4 Å². The molecule has 1 atom stereocenters. The molecule has 0 heterocycles. The van der Waals surface area contributed by atoms with Gasteiger partial charge in [0.1, 0.15) is 5.75 Å². The highest BCUT2D eigenvalue weighted by Gasteiger charge is 2.08. The number of benzene rings is 1. The number of methoxy groups -OCH3 is 1. The molecule has 124 valence electrons.